The zero-order valence-corrected chi connectivity index (χ0v) is 12.2. The van der Waals surface area contributed by atoms with E-state index in [0.717, 1.165) is 12.0 Å². The molecule has 0 amide bonds. The summed E-state index contributed by atoms with van der Waals surface area (Å²) in [5.41, 5.74) is 2.33. The Labute approximate surface area is 129 Å². The van der Waals surface area contributed by atoms with Crippen molar-refractivity contribution in [2.45, 2.75) is 18.8 Å². The minimum absolute atomic E-state index is 0.150. The molecule has 3 aromatic rings. The number of hydrogen-bond donors (Lipinski definition) is 0. The van der Waals surface area contributed by atoms with E-state index in [1.165, 1.54) is 16.3 Å². The minimum atomic E-state index is -0.150. The van der Waals surface area contributed by atoms with Crippen molar-refractivity contribution in [1.82, 2.24) is 0 Å². The lowest BCUT2D eigenvalue weighted by atomic mass is 9.87. The van der Waals surface area contributed by atoms with Crippen LogP contribution in [0.3, 0.4) is 0 Å². The maximum Gasteiger partial charge on any atom is 0.311 e. The average molecular weight is 288 g/mol. The maximum absolute atomic E-state index is 12.1. The van der Waals surface area contributed by atoms with Crippen molar-refractivity contribution >= 4 is 16.7 Å². The van der Waals surface area contributed by atoms with Gasteiger partial charge in [-0.2, -0.15) is 0 Å². The second-order valence-electron chi connectivity index (χ2n) is 5.76. The van der Waals surface area contributed by atoms with E-state index in [-0.39, 0.29) is 11.9 Å². The number of fused-ring (bicyclic) bond motifs is 2. The van der Waals surface area contributed by atoms with E-state index in [4.69, 9.17) is 4.74 Å². The van der Waals surface area contributed by atoms with Crippen molar-refractivity contribution in [2.24, 2.45) is 0 Å². The standard InChI is InChI=1S/C20H16O2/c21-20-13-16(12-15-7-2-4-11-19(15)22-20)18-10-5-8-14-6-1-3-9-17(14)18/h1-11,16H,12-13H2/t16-/m1/s1. The normalized spacial score (nSPS) is 17.6. The van der Waals surface area contributed by atoms with E-state index in [9.17, 15) is 4.79 Å². The number of hydrogen-bond acceptors (Lipinski definition) is 2. The molecule has 0 saturated heterocycles. The molecule has 22 heavy (non-hydrogen) atoms. The van der Waals surface area contributed by atoms with Gasteiger partial charge >= 0.3 is 5.97 Å². The van der Waals surface area contributed by atoms with Gasteiger partial charge in [0.2, 0.25) is 0 Å². The van der Waals surface area contributed by atoms with Crippen molar-refractivity contribution < 1.29 is 9.53 Å². The van der Waals surface area contributed by atoms with Crippen LogP contribution >= 0.6 is 0 Å². The number of rotatable bonds is 1. The SMILES string of the molecule is O=C1C[C@H](c2cccc3ccccc23)Cc2ccccc2O1. The molecular formula is C20H16O2. The van der Waals surface area contributed by atoms with Crippen LogP contribution in [0.2, 0.25) is 0 Å². The van der Waals surface area contributed by atoms with Crippen LogP contribution < -0.4 is 4.74 Å². The number of para-hydroxylation sites is 1. The molecular weight excluding hydrogens is 272 g/mol. The number of carbonyl (C=O) groups is 1. The molecule has 0 unspecified atom stereocenters. The van der Waals surface area contributed by atoms with Gasteiger partial charge < -0.3 is 4.74 Å². The molecule has 0 fully saturated rings. The van der Waals surface area contributed by atoms with Crippen LogP contribution in [0.5, 0.6) is 5.75 Å². The number of benzene rings is 3. The molecule has 108 valence electrons. The second-order valence-corrected chi connectivity index (χ2v) is 5.76. The van der Waals surface area contributed by atoms with Gasteiger partial charge in [-0.15, -0.1) is 0 Å². The molecule has 0 saturated carbocycles. The fourth-order valence-corrected chi connectivity index (χ4v) is 3.30. The van der Waals surface area contributed by atoms with Gasteiger partial charge in [0.25, 0.3) is 0 Å². The van der Waals surface area contributed by atoms with Gasteiger partial charge in [-0.3, -0.25) is 4.79 Å². The van der Waals surface area contributed by atoms with E-state index < -0.39 is 0 Å². The van der Waals surface area contributed by atoms with Crippen LogP contribution in [0, 0.1) is 0 Å². The van der Waals surface area contributed by atoms with E-state index in [1.54, 1.807) is 0 Å². The van der Waals surface area contributed by atoms with E-state index in [0.29, 0.717) is 12.2 Å². The number of carbonyl (C=O) groups excluding carboxylic acids is 1. The first-order valence-electron chi connectivity index (χ1n) is 7.57. The molecule has 2 nitrogen and oxygen atoms in total. The monoisotopic (exact) mass is 288 g/mol. The molecule has 0 aliphatic carbocycles. The third-order valence-corrected chi connectivity index (χ3v) is 4.34. The lowest BCUT2D eigenvalue weighted by Crippen LogP contribution is -2.11. The molecule has 0 aromatic heterocycles. The summed E-state index contributed by atoms with van der Waals surface area (Å²) in [6.07, 6.45) is 1.25. The van der Waals surface area contributed by atoms with Crippen molar-refractivity contribution in [3.05, 3.63) is 77.9 Å². The first kappa shape index (κ1) is 13.1. The molecule has 0 bridgehead atoms. The number of esters is 1. The smallest absolute Gasteiger partial charge is 0.311 e. The van der Waals surface area contributed by atoms with Gasteiger partial charge in [0.05, 0.1) is 6.42 Å². The predicted octanol–water partition coefficient (Wildman–Crippen LogP) is 4.48. The first-order valence-corrected chi connectivity index (χ1v) is 7.57. The van der Waals surface area contributed by atoms with Gasteiger partial charge in [0, 0.05) is 0 Å². The summed E-state index contributed by atoms with van der Waals surface area (Å²) in [5, 5.41) is 2.44. The largest absolute Gasteiger partial charge is 0.426 e. The third-order valence-electron chi connectivity index (χ3n) is 4.34. The molecule has 4 rings (SSSR count). The van der Waals surface area contributed by atoms with Gasteiger partial charge in [-0.05, 0) is 40.3 Å². The van der Waals surface area contributed by atoms with Crippen molar-refractivity contribution in [3.63, 3.8) is 0 Å². The van der Waals surface area contributed by atoms with Crippen molar-refractivity contribution in [3.8, 4) is 5.75 Å². The second kappa shape index (κ2) is 5.30. The summed E-state index contributed by atoms with van der Waals surface area (Å²) in [5.74, 6) is 0.709. The third kappa shape index (κ3) is 2.27. The predicted molar refractivity (Wildman–Crippen MR) is 87.1 cm³/mol. The molecule has 1 aliphatic rings. The Bertz CT molecular complexity index is 846. The Hall–Kier alpha value is -2.61. The fourth-order valence-electron chi connectivity index (χ4n) is 3.30. The molecule has 1 aliphatic heterocycles. The van der Waals surface area contributed by atoms with Crippen LogP contribution in [0.1, 0.15) is 23.5 Å². The lowest BCUT2D eigenvalue weighted by Gasteiger charge is -2.16. The average Bonchev–Trinajstić information content (AvgIpc) is 2.72. The molecule has 0 N–H and O–H groups in total. The Kier molecular flexibility index (Phi) is 3.15. The summed E-state index contributed by atoms with van der Waals surface area (Å²) < 4.78 is 5.48. The van der Waals surface area contributed by atoms with E-state index in [1.807, 2.05) is 30.3 Å². The Balaban J connectivity index is 1.83. The highest BCUT2D eigenvalue weighted by molar-refractivity contribution is 5.87. The summed E-state index contributed by atoms with van der Waals surface area (Å²) in [4.78, 5) is 12.1. The molecule has 0 radical (unpaired) electrons. The zero-order valence-electron chi connectivity index (χ0n) is 12.2. The van der Waals surface area contributed by atoms with Crippen LogP contribution in [-0.4, -0.2) is 5.97 Å². The molecule has 2 heteroatoms. The van der Waals surface area contributed by atoms with Gasteiger partial charge in [-0.25, -0.2) is 0 Å². The van der Waals surface area contributed by atoms with Crippen molar-refractivity contribution in [2.75, 3.05) is 0 Å². The quantitative estimate of drug-likeness (QED) is 0.487. The highest BCUT2D eigenvalue weighted by Gasteiger charge is 2.25. The molecule has 3 aromatic carbocycles. The first-order chi connectivity index (χ1) is 10.8. The summed E-state index contributed by atoms with van der Waals surface area (Å²) in [6, 6.07) is 22.5. The van der Waals surface area contributed by atoms with Gasteiger partial charge in [0.1, 0.15) is 5.75 Å². The zero-order chi connectivity index (χ0) is 14.9. The Morgan fingerprint density at radius 3 is 2.55 bits per heavy atom. The van der Waals surface area contributed by atoms with Crippen LogP contribution in [0.15, 0.2) is 66.7 Å². The van der Waals surface area contributed by atoms with Gasteiger partial charge in [0.15, 0.2) is 0 Å². The Morgan fingerprint density at radius 2 is 1.59 bits per heavy atom. The summed E-state index contributed by atoms with van der Waals surface area (Å²) in [6.45, 7) is 0. The molecule has 0 spiro atoms. The van der Waals surface area contributed by atoms with Gasteiger partial charge in [-0.1, -0.05) is 60.7 Å². The summed E-state index contributed by atoms with van der Waals surface area (Å²) in [7, 11) is 0. The fraction of sp³-hybridized carbons (Fsp3) is 0.150. The molecule has 1 heterocycles. The van der Waals surface area contributed by atoms with E-state index >= 15 is 0 Å². The Morgan fingerprint density at radius 1 is 0.818 bits per heavy atom. The summed E-state index contributed by atoms with van der Waals surface area (Å²) >= 11 is 0. The van der Waals surface area contributed by atoms with Crippen LogP contribution in [-0.2, 0) is 11.2 Å². The van der Waals surface area contributed by atoms with Crippen molar-refractivity contribution in [1.29, 1.82) is 0 Å². The lowest BCUT2D eigenvalue weighted by molar-refractivity contribution is -0.134. The molecule has 1 atom stereocenters. The topological polar surface area (TPSA) is 26.3 Å². The van der Waals surface area contributed by atoms with Crippen LogP contribution in [0.4, 0.5) is 0 Å². The minimum Gasteiger partial charge on any atom is -0.426 e. The number of ether oxygens (including phenoxy) is 1. The van der Waals surface area contributed by atoms with E-state index in [2.05, 4.69) is 36.4 Å². The highest BCUT2D eigenvalue weighted by Crippen LogP contribution is 2.35. The highest BCUT2D eigenvalue weighted by atomic mass is 16.5. The van der Waals surface area contributed by atoms with Crippen LogP contribution in [0.25, 0.3) is 10.8 Å². The maximum atomic E-state index is 12.1.